The molecule has 3 rings (SSSR count). The molecule has 162 valence electrons. The van der Waals surface area contributed by atoms with Gasteiger partial charge < -0.3 is 25.4 Å². The number of methoxy groups -OCH3 is 1. The van der Waals surface area contributed by atoms with Crippen molar-refractivity contribution in [2.24, 2.45) is 5.73 Å². The Morgan fingerprint density at radius 2 is 1.77 bits per heavy atom. The average molecular weight is 423 g/mol. The minimum atomic E-state index is -0.319. The average Bonchev–Trinajstić information content (AvgIpc) is 2.79. The number of nitrogens with one attached hydrogen (secondary N) is 1. The molecule has 0 heterocycles. The maximum absolute atomic E-state index is 13.8. The van der Waals surface area contributed by atoms with Gasteiger partial charge in [0.05, 0.1) is 7.11 Å². The van der Waals surface area contributed by atoms with Gasteiger partial charge in [0, 0.05) is 30.9 Å². The number of rotatable bonds is 9. The standard InChI is InChI=1S/C24H26FN3O3/c1-30-23-15-18(11-12-22(23)31-17-19-7-5-6-10-21(19)25)16-28(14-13-26)24(29)27-20-8-3-2-4-9-20/h2-12,15H,13-14,16-17,26H2,1H3,(H,27,29). The van der Waals surface area contributed by atoms with Gasteiger partial charge in [-0.25, -0.2) is 9.18 Å². The fourth-order valence-corrected chi connectivity index (χ4v) is 3.05. The molecule has 0 aliphatic heterocycles. The quantitative estimate of drug-likeness (QED) is 0.535. The van der Waals surface area contributed by atoms with Crippen LogP contribution in [0.5, 0.6) is 11.5 Å². The summed E-state index contributed by atoms with van der Waals surface area (Å²) in [7, 11) is 1.54. The molecule has 0 atom stereocenters. The zero-order valence-corrected chi connectivity index (χ0v) is 17.4. The van der Waals surface area contributed by atoms with Crippen molar-refractivity contribution in [2.75, 3.05) is 25.5 Å². The highest BCUT2D eigenvalue weighted by Gasteiger charge is 2.15. The molecule has 0 unspecified atom stereocenters. The molecule has 0 aliphatic carbocycles. The van der Waals surface area contributed by atoms with Crippen LogP contribution in [-0.2, 0) is 13.2 Å². The van der Waals surface area contributed by atoms with Crippen LogP contribution in [0.3, 0.4) is 0 Å². The summed E-state index contributed by atoms with van der Waals surface area (Å²) in [4.78, 5) is 14.3. The Bertz CT molecular complexity index is 998. The van der Waals surface area contributed by atoms with E-state index in [0.717, 1.165) is 5.56 Å². The summed E-state index contributed by atoms with van der Waals surface area (Å²) in [5.74, 6) is 0.679. The highest BCUT2D eigenvalue weighted by molar-refractivity contribution is 5.89. The van der Waals surface area contributed by atoms with E-state index in [1.807, 2.05) is 36.4 Å². The predicted octanol–water partition coefficient (Wildman–Crippen LogP) is 4.41. The molecule has 0 saturated carbocycles. The first-order valence-electron chi connectivity index (χ1n) is 9.95. The Kier molecular flexibility index (Phi) is 7.84. The molecule has 3 aromatic carbocycles. The van der Waals surface area contributed by atoms with Crippen molar-refractivity contribution in [1.29, 1.82) is 0 Å². The zero-order valence-electron chi connectivity index (χ0n) is 17.4. The van der Waals surface area contributed by atoms with Gasteiger partial charge in [0.25, 0.3) is 0 Å². The van der Waals surface area contributed by atoms with Crippen LogP contribution in [0.25, 0.3) is 0 Å². The van der Waals surface area contributed by atoms with Gasteiger partial charge in [-0.3, -0.25) is 0 Å². The summed E-state index contributed by atoms with van der Waals surface area (Å²) >= 11 is 0. The van der Waals surface area contributed by atoms with E-state index in [1.54, 1.807) is 35.2 Å². The van der Waals surface area contributed by atoms with Crippen LogP contribution in [0.15, 0.2) is 72.8 Å². The van der Waals surface area contributed by atoms with Gasteiger partial charge in [0.15, 0.2) is 11.5 Å². The van der Waals surface area contributed by atoms with Crippen molar-refractivity contribution in [3.8, 4) is 11.5 Å². The monoisotopic (exact) mass is 423 g/mol. The molecule has 0 aliphatic rings. The van der Waals surface area contributed by atoms with Gasteiger partial charge in [-0.1, -0.05) is 42.5 Å². The Hall–Kier alpha value is -3.58. The first-order valence-corrected chi connectivity index (χ1v) is 9.95. The summed E-state index contributed by atoms with van der Waals surface area (Å²) in [6.45, 7) is 1.16. The van der Waals surface area contributed by atoms with Crippen LogP contribution in [0.1, 0.15) is 11.1 Å². The maximum Gasteiger partial charge on any atom is 0.322 e. The van der Waals surface area contributed by atoms with Gasteiger partial charge >= 0.3 is 6.03 Å². The largest absolute Gasteiger partial charge is 0.493 e. The highest BCUT2D eigenvalue weighted by Crippen LogP contribution is 2.29. The van der Waals surface area contributed by atoms with E-state index in [4.69, 9.17) is 15.2 Å². The lowest BCUT2D eigenvalue weighted by Crippen LogP contribution is -2.38. The summed E-state index contributed by atoms with van der Waals surface area (Å²) in [5.41, 5.74) is 7.73. The van der Waals surface area contributed by atoms with Gasteiger partial charge in [-0.05, 0) is 35.9 Å². The lowest BCUT2D eigenvalue weighted by atomic mass is 10.2. The number of carbonyl (C=O) groups excluding carboxylic acids is 1. The molecule has 0 bridgehead atoms. The molecular formula is C24H26FN3O3. The van der Waals surface area contributed by atoms with Crippen LogP contribution in [0.4, 0.5) is 14.9 Å². The van der Waals surface area contributed by atoms with Crippen molar-refractivity contribution >= 4 is 11.7 Å². The Morgan fingerprint density at radius 3 is 2.48 bits per heavy atom. The molecule has 0 radical (unpaired) electrons. The van der Waals surface area contributed by atoms with Gasteiger partial charge in [0.1, 0.15) is 12.4 Å². The number of hydrogen-bond donors (Lipinski definition) is 2. The van der Waals surface area contributed by atoms with E-state index < -0.39 is 0 Å². The summed E-state index contributed by atoms with van der Waals surface area (Å²) in [6, 6.07) is 20.9. The summed E-state index contributed by atoms with van der Waals surface area (Å²) < 4.78 is 25.0. The first kappa shape index (κ1) is 22.1. The third-order valence-corrected chi connectivity index (χ3v) is 4.65. The van der Waals surface area contributed by atoms with E-state index in [2.05, 4.69) is 5.32 Å². The molecule has 0 saturated heterocycles. The van der Waals surface area contributed by atoms with Crippen LogP contribution in [-0.4, -0.2) is 31.1 Å². The fraction of sp³-hybridized carbons (Fsp3) is 0.208. The smallest absolute Gasteiger partial charge is 0.322 e. The Balaban J connectivity index is 1.69. The second-order valence-corrected chi connectivity index (χ2v) is 6.87. The Labute approximate surface area is 181 Å². The number of benzene rings is 3. The first-order chi connectivity index (χ1) is 15.1. The zero-order chi connectivity index (χ0) is 22.1. The minimum absolute atomic E-state index is 0.0845. The number of hydrogen-bond acceptors (Lipinski definition) is 4. The second-order valence-electron chi connectivity index (χ2n) is 6.87. The molecule has 7 heteroatoms. The molecule has 2 amide bonds. The lowest BCUT2D eigenvalue weighted by Gasteiger charge is -2.23. The number of halogens is 1. The minimum Gasteiger partial charge on any atom is -0.493 e. The SMILES string of the molecule is COc1cc(CN(CCN)C(=O)Nc2ccccc2)ccc1OCc1ccccc1F. The number of anilines is 1. The van der Waals surface area contributed by atoms with Crippen molar-refractivity contribution in [2.45, 2.75) is 13.2 Å². The van der Waals surface area contributed by atoms with Crippen LogP contribution in [0, 0.1) is 5.82 Å². The van der Waals surface area contributed by atoms with Crippen LogP contribution >= 0.6 is 0 Å². The summed E-state index contributed by atoms with van der Waals surface area (Å²) in [6.07, 6.45) is 0. The molecule has 3 aromatic rings. The number of nitrogens with two attached hydrogens (primary N) is 1. The third kappa shape index (κ3) is 6.20. The molecule has 3 N–H and O–H groups in total. The fourth-order valence-electron chi connectivity index (χ4n) is 3.05. The second kappa shape index (κ2) is 11.0. The number of urea groups is 1. The molecule has 6 nitrogen and oxygen atoms in total. The maximum atomic E-state index is 13.8. The van der Waals surface area contributed by atoms with Crippen LogP contribution < -0.4 is 20.5 Å². The van der Waals surface area contributed by atoms with E-state index in [1.165, 1.54) is 13.2 Å². The van der Waals surface area contributed by atoms with Gasteiger partial charge in [-0.15, -0.1) is 0 Å². The topological polar surface area (TPSA) is 76.8 Å². The van der Waals surface area contributed by atoms with E-state index >= 15 is 0 Å². The van der Waals surface area contributed by atoms with Crippen molar-refractivity contribution in [1.82, 2.24) is 4.90 Å². The molecule has 0 aromatic heterocycles. The molecule has 31 heavy (non-hydrogen) atoms. The van der Waals surface area contributed by atoms with E-state index in [-0.39, 0.29) is 18.5 Å². The van der Waals surface area contributed by atoms with E-state index in [0.29, 0.717) is 42.4 Å². The van der Waals surface area contributed by atoms with Crippen molar-refractivity contribution in [3.63, 3.8) is 0 Å². The molecule has 0 spiro atoms. The number of nitrogens with zero attached hydrogens (tertiary/aromatic N) is 1. The number of amides is 2. The molecule has 0 fully saturated rings. The van der Waals surface area contributed by atoms with Gasteiger partial charge in [-0.2, -0.15) is 0 Å². The van der Waals surface area contributed by atoms with E-state index in [9.17, 15) is 9.18 Å². The van der Waals surface area contributed by atoms with Crippen LogP contribution in [0.2, 0.25) is 0 Å². The normalized spacial score (nSPS) is 10.4. The van der Waals surface area contributed by atoms with Gasteiger partial charge in [0.2, 0.25) is 0 Å². The number of para-hydroxylation sites is 1. The number of ether oxygens (including phenoxy) is 2. The van der Waals surface area contributed by atoms with Crippen molar-refractivity contribution < 1.29 is 18.7 Å². The molecular weight excluding hydrogens is 397 g/mol. The predicted molar refractivity (Wildman–Crippen MR) is 119 cm³/mol. The number of carbonyl (C=O) groups is 1. The lowest BCUT2D eigenvalue weighted by molar-refractivity contribution is 0.210. The summed E-state index contributed by atoms with van der Waals surface area (Å²) in [5, 5.41) is 2.87. The Morgan fingerprint density at radius 1 is 1.03 bits per heavy atom. The third-order valence-electron chi connectivity index (χ3n) is 4.65. The highest BCUT2D eigenvalue weighted by atomic mass is 19.1. The van der Waals surface area contributed by atoms with Crippen molar-refractivity contribution in [3.05, 3.63) is 89.7 Å².